The number of cyclic esters (lactones) is 1. The second kappa shape index (κ2) is 10.5. The Morgan fingerprint density at radius 2 is 2.09 bits per heavy atom. The maximum atomic E-state index is 12.5. The third-order valence-electron chi connectivity index (χ3n) is 5.66. The van der Waals surface area contributed by atoms with Gasteiger partial charge in [0.15, 0.2) is 0 Å². The van der Waals surface area contributed by atoms with Crippen LogP contribution in [0.3, 0.4) is 0 Å². The summed E-state index contributed by atoms with van der Waals surface area (Å²) in [6, 6.07) is 7.55. The summed E-state index contributed by atoms with van der Waals surface area (Å²) < 4.78 is 10.8. The minimum atomic E-state index is -0.486. The fourth-order valence-electron chi connectivity index (χ4n) is 3.88. The highest BCUT2D eigenvalue weighted by molar-refractivity contribution is 7.81. The van der Waals surface area contributed by atoms with E-state index in [1.54, 1.807) is 17.1 Å². The number of nitrogens with zero attached hydrogens (tertiary/aromatic N) is 2. The highest BCUT2D eigenvalue weighted by Gasteiger charge is 2.33. The molecule has 0 radical (unpaired) electrons. The van der Waals surface area contributed by atoms with Gasteiger partial charge in [-0.3, -0.25) is 15.1 Å². The number of thiocarbonyl (C=S) groups is 1. The molecular weight excluding hydrogens is 464 g/mol. The van der Waals surface area contributed by atoms with E-state index in [-0.39, 0.29) is 12.5 Å². The molecule has 174 valence electrons. The van der Waals surface area contributed by atoms with Crippen molar-refractivity contribution in [2.75, 3.05) is 44.3 Å². The van der Waals surface area contributed by atoms with Crippen LogP contribution in [0.2, 0.25) is 0 Å². The highest BCUT2D eigenvalue weighted by Crippen LogP contribution is 2.24. The summed E-state index contributed by atoms with van der Waals surface area (Å²) in [6.07, 6.45) is 3.29. The normalized spacial score (nSPS) is 20.8. The van der Waals surface area contributed by atoms with Crippen LogP contribution in [0.15, 0.2) is 47.0 Å². The van der Waals surface area contributed by atoms with Gasteiger partial charge in [-0.15, -0.1) is 0 Å². The van der Waals surface area contributed by atoms with Crippen LogP contribution in [-0.2, 0) is 20.7 Å². The lowest BCUT2D eigenvalue weighted by atomic mass is 10.0. The first kappa shape index (κ1) is 23.4. The maximum Gasteiger partial charge on any atom is 0.414 e. The van der Waals surface area contributed by atoms with Gasteiger partial charge in [-0.1, -0.05) is 42.0 Å². The monoisotopic (exact) mass is 488 g/mol. The van der Waals surface area contributed by atoms with Crippen LogP contribution in [0.5, 0.6) is 0 Å². The summed E-state index contributed by atoms with van der Waals surface area (Å²) in [5, 5.41) is 11.6. The Kier molecular flexibility index (Phi) is 7.42. The topological polar surface area (TPSA) is 95.0 Å². The molecule has 2 heterocycles. The number of rotatable bonds is 6. The molecule has 33 heavy (non-hydrogen) atoms. The third kappa shape index (κ3) is 5.79. The molecule has 2 fully saturated rings. The molecule has 2 N–H and O–H groups in total. The number of carbonyl (C=O) groups excluding carboxylic acids is 2. The Hall–Kier alpha value is -2.75. The standard InChI is InChI=1S/C23H25ClN4O4S/c24-16-4-5-20(33)19(12-16)22(29)26-13-18-14-28(23(30)32-18)17-3-1-2-15(10-17)11-21(25)27-6-8-31-9-7-27/h1-4,10,12,18,25H,5-9,11,13-14H2,(H,26,29). The van der Waals surface area contributed by atoms with Gasteiger partial charge in [0.05, 0.1) is 31.9 Å². The molecule has 1 atom stereocenters. The van der Waals surface area contributed by atoms with E-state index in [4.69, 9.17) is 38.7 Å². The first-order valence-corrected chi connectivity index (χ1v) is 11.6. The lowest BCUT2D eigenvalue weighted by Gasteiger charge is -2.29. The van der Waals surface area contributed by atoms with E-state index in [1.165, 1.54) is 0 Å². The Balaban J connectivity index is 1.34. The molecule has 0 saturated carbocycles. The number of morpholine rings is 1. The van der Waals surface area contributed by atoms with Crippen LogP contribution in [0.4, 0.5) is 10.5 Å². The van der Waals surface area contributed by atoms with E-state index in [9.17, 15) is 9.59 Å². The molecule has 0 bridgehead atoms. The summed E-state index contributed by atoms with van der Waals surface area (Å²) >= 11 is 11.2. The molecule has 8 nitrogen and oxygen atoms in total. The average molecular weight is 489 g/mol. The number of amides is 2. The highest BCUT2D eigenvalue weighted by atomic mass is 35.5. The largest absolute Gasteiger partial charge is 0.442 e. The molecule has 1 aliphatic carbocycles. The smallest absolute Gasteiger partial charge is 0.414 e. The molecule has 0 spiro atoms. The number of halogens is 1. The average Bonchev–Trinajstić information content (AvgIpc) is 3.20. The van der Waals surface area contributed by atoms with Crippen molar-refractivity contribution in [1.29, 1.82) is 5.41 Å². The van der Waals surface area contributed by atoms with E-state index in [0.717, 1.165) is 5.56 Å². The molecule has 2 aliphatic heterocycles. The Bertz CT molecular complexity index is 1040. The second-order valence-electron chi connectivity index (χ2n) is 7.99. The predicted octanol–water partition coefficient (Wildman–Crippen LogP) is 2.80. The van der Waals surface area contributed by atoms with Gasteiger partial charge in [0, 0.05) is 41.5 Å². The lowest BCUT2D eigenvalue weighted by Crippen LogP contribution is -2.41. The van der Waals surface area contributed by atoms with E-state index < -0.39 is 12.2 Å². The molecule has 1 aromatic rings. The number of anilines is 1. The number of hydrogen-bond acceptors (Lipinski definition) is 6. The molecule has 2 saturated heterocycles. The fraction of sp³-hybridized carbons (Fsp3) is 0.391. The summed E-state index contributed by atoms with van der Waals surface area (Å²) in [7, 11) is 0. The molecule has 1 unspecified atom stereocenters. The predicted molar refractivity (Wildman–Crippen MR) is 130 cm³/mol. The van der Waals surface area contributed by atoms with Gasteiger partial charge in [0.1, 0.15) is 11.9 Å². The number of amidine groups is 1. The minimum Gasteiger partial charge on any atom is -0.442 e. The molecular formula is C23H25ClN4O4S. The van der Waals surface area contributed by atoms with Crippen molar-refractivity contribution in [3.63, 3.8) is 0 Å². The number of carbonyl (C=O) groups is 2. The number of nitrogens with one attached hydrogen (secondary N) is 2. The quantitative estimate of drug-likeness (QED) is 0.363. The number of allylic oxidation sites excluding steroid dienone is 3. The summed E-state index contributed by atoms with van der Waals surface area (Å²) in [4.78, 5) is 29.0. The van der Waals surface area contributed by atoms with Gasteiger partial charge in [0.25, 0.3) is 5.91 Å². The summed E-state index contributed by atoms with van der Waals surface area (Å²) in [5.41, 5.74) is 2.01. The van der Waals surface area contributed by atoms with Gasteiger partial charge in [-0.2, -0.15) is 0 Å². The van der Waals surface area contributed by atoms with Crippen LogP contribution < -0.4 is 10.2 Å². The molecule has 1 aromatic carbocycles. The van der Waals surface area contributed by atoms with Gasteiger partial charge >= 0.3 is 6.09 Å². The van der Waals surface area contributed by atoms with Crippen molar-refractivity contribution in [1.82, 2.24) is 10.2 Å². The zero-order chi connectivity index (χ0) is 23.4. The summed E-state index contributed by atoms with van der Waals surface area (Å²) in [6.45, 7) is 3.18. The van der Waals surface area contributed by atoms with Crippen LogP contribution in [0, 0.1) is 5.41 Å². The molecule has 2 amide bonds. The Morgan fingerprint density at radius 1 is 1.30 bits per heavy atom. The van der Waals surface area contributed by atoms with Gasteiger partial charge in [-0.25, -0.2) is 4.79 Å². The lowest BCUT2D eigenvalue weighted by molar-refractivity contribution is -0.117. The van der Waals surface area contributed by atoms with Gasteiger partial charge in [0.2, 0.25) is 0 Å². The number of hydrogen-bond donors (Lipinski definition) is 2. The third-order valence-corrected chi connectivity index (χ3v) is 6.31. The van der Waals surface area contributed by atoms with E-state index in [1.807, 2.05) is 29.2 Å². The van der Waals surface area contributed by atoms with Crippen molar-refractivity contribution >= 4 is 52.2 Å². The molecule has 0 aromatic heterocycles. The zero-order valence-electron chi connectivity index (χ0n) is 18.0. The van der Waals surface area contributed by atoms with E-state index in [0.29, 0.717) is 72.7 Å². The van der Waals surface area contributed by atoms with Crippen molar-refractivity contribution < 1.29 is 19.1 Å². The molecule has 4 rings (SSSR count). The first-order chi connectivity index (χ1) is 15.9. The van der Waals surface area contributed by atoms with Crippen LogP contribution >= 0.6 is 23.8 Å². The number of ether oxygens (including phenoxy) is 2. The van der Waals surface area contributed by atoms with E-state index >= 15 is 0 Å². The first-order valence-electron chi connectivity index (χ1n) is 10.8. The Morgan fingerprint density at radius 3 is 2.88 bits per heavy atom. The zero-order valence-corrected chi connectivity index (χ0v) is 19.6. The fourth-order valence-corrected chi connectivity index (χ4v) is 4.30. The van der Waals surface area contributed by atoms with Crippen LogP contribution in [-0.4, -0.2) is 73.1 Å². The SMILES string of the molecule is N=C(Cc1cccc(N2CC(CNC(=O)C3=CC(Cl)=CCC3=S)OC2=O)c1)N1CCOCC1. The summed E-state index contributed by atoms with van der Waals surface area (Å²) in [5.74, 6) is 0.203. The van der Waals surface area contributed by atoms with Crippen molar-refractivity contribution in [2.24, 2.45) is 0 Å². The van der Waals surface area contributed by atoms with Gasteiger partial charge < -0.3 is 19.7 Å². The molecule has 10 heteroatoms. The van der Waals surface area contributed by atoms with Gasteiger partial charge in [-0.05, 0) is 23.8 Å². The van der Waals surface area contributed by atoms with E-state index in [2.05, 4.69) is 5.32 Å². The molecule has 3 aliphatic rings. The van der Waals surface area contributed by atoms with Crippen molar-refractivity contribution in [2.45, 2.75) is 18.9 Å². The van der Waals surface area contributed by atoms with Crippen LogP contribution in [0.1, 0.15) is 12.0 Å². The maximum absolute atomic E-state index is 12.5. The second-order valence-corrected chi connectivity index (χ2v) is 8.92. The minimum absolute atomic E-state index is 0.170. The van der Waals surface area contributed by atoms with Crippen molar-refractivity contribution in [3.8, 4) is 0 Å². The van der Waals surface area contributed by atoms with Crippen molar-refractivity contribution in [3.05, 3.63) is 52.6 Å². The van der Waals surface area contributed by atoms with Crippen LogP contribution in [0.25, 0.3) is 0 Å². The number of benzene rings is 1. The Labute approximate surface area is 202 Å².